The molecule has 0 aromatic carbocycles. The number of nitrogens with one attached hydrogen (secondary N) is 1. The van der Waals surface area contributed by atoms with Gasteiger partial charge in [0.15, 0.2) is 0 Å². The average Bonchev–Trinajstić information content (AvgIpc) is 3.08. The second-order valence-electron chi connectivity index (χ2n) is 4.40. The van der Waals surface area contributed by atoms with Crippen LogP contribution in [-0.4, -0.2) is 32.2 Å². The first-order chi connectivity index (χ1) is 8.06. The van der Waals surface area contributed by atoms with E-state index in [2.05, 4.69) is 31.2 Å². The van der Waals surface area contributed by atoms with E-state index < -0.39 is 10.8 Å². The van der Waals surface area contributed by atoms with Crippen LogP contribution in [0, 0.1) is 0 Å². The van der Waals surface area contributed by atoms with Crippen LogP contribution in [0.25, 0.3) is 0 Å². The van der Waals surface area contributed by atoms with Crippen LogP contribution in [0.2, 0.25) is 0 Å². The molecule has 94 valence electrons. The molecule has 2 atom stereocenters. The summed E-state index contributed by atoms with van der Waals surface area (Å²) in [4.78, 5) is 8.84. The first kappa shape index (κ1) is 13.0. The summed E-state index contributed by atoms with van der Waals surface area (Å²) in [5, 5.41) is 3.33. The van der Waals surface area contributed by atoms with Gasteiger partial charge in [-0.25, -0.2) is 9.97 Å². The van der Waals surface area contributed by atoms with E-state index in [1.165, 1.54) is 12.8 Å². The minimum absolute atomic E-state index is 0.119. The molecule has 2 rings (SSSR count). The molecule has 1 fully saturated rings. The normalized spacial score (nSPS) is 18.8. The Balaban J connectivity index is 2.02. The molecular weight excluding hydrogens is 302 g/mol. The fourth-order valence-corrected chi connectivity index (χ4v) is 2.13. The zero-order valence-corrected chi connectivity index (χ0v) is 12.3. The van der Waals surface area contributed by atoms with Crippen LogP contribution < -0.4 is 5.32 Å². The maximum atomic E-state index is 11.2. The summed E-state index contributed by atoms with van der Waals surface area (Å²) < 4.78 is 12.1. The van der Waals surface area contributed by atoms with E-state index in [0.717, 1.165) is 16.2 Å². The Labute approximate surface area is 112 Å². The Hall–Kier alpha value is -0.490. The lowest BCUT2D eigenvalue weighted by molar-refractivity contribution is 0.678. The highest BCUT2D eigenvalue weighted by atomic mass is 79.9. The molecule has 1 aromatic rings. The van der Waals surface area contributed by atoms with Crippen molar-refractivity contribution in [2.24, 2.45) is 0 Å². The zero-order valence-electron chi connectivity index (χ0n) is 9.94. The average molecular weight is 318 g/mol. The van der Waals surface area contributed by atoms with Crippen LogP contribution in [0.1, 0.15) is 31.5 Å². The molecule has 6 heteroatoms. The van der Waals surface area contributed by atoms with Crippen molar-refractivity contribution in [1.82, 2.24) is 9.97 Å². The summed E-state index contributed by atoms with van der Waals surface area (Å²) >= 11 is 3.39. The molecule has 4 nitrogen and oxygen atoms in total. The van der Waals surface area contributed by atoms with Gasteiger partial charge in [0.05, 0.1) is 0 Å². The van der Waals surface area contributed by atoms with E-state index in [1.807, 2.05) is 13.0 Å². The van der Waals surface area contributed by atoms with Gasteiger partial charge in [0.25, 0.3) is 0 Å². The maximum absolute atomic E-state index is 11.2. The van der Waals surface area contributed by atoms with Crippen molar-refractivity contribution in [3.63, 3.8) is 0 Å². The fourth-order valence-electron chi connectivity index (χ4n) is 1.42. The summed E-state index contributed by atoms with van der Waals surface area (Å²) in [5.41, 5.74) is 0. The maximum Gasteiger partial charge on any atom is 0.135 e. The second kappa shape index (κ2) is 5.44. The fraction of sp³-hybridized carbons (Fsp3) is 0.636. The Kier molecular flexibility index (Phi) is 4.14. The van der Waals surface area contributed by atoms with Crippen molar-refractivity contribution in [3.8, 4) is 0 Å². The third kappa shape index (κ3) is 3.74. The number of rotatable bonds is 5. The molecule has 0 bridgehead atoms. The standard InChI is InChI=1S/C11H16BrN3OS/c1-7(17(2)16)6-13-10-5-9(12)14-11(15-10)8-3-4-8/h5,7-8H,3-4,6H2,1-2H3,(H,13,14,15). The van der Waals surface area contributed by atoms with Gasteiger partial charge in [0, 0.05) is 40.8 Å². The first-order valence-electron chi connectivity index (χ1n) is 5.67. The monoisotopic (exact) mass is 317 g/mol. The van der Waals surface area contributed by atoms with Crippen LogP contribution in [0.3, 0.4) is 0 Å². The molecule has 1 heterocycles. The van der Waals surface area contributed by atoms with Gasteiger partial charge in [-0.2, -0.15) is 0 Å². The van der Waals surface area contributed by atoms with E-state index in [1.54, 1.807) is 6.26 Å². The number of aromatic nitrogens is 2. The lowest BCUT2D eigenvalue weighted by Gasteiger charge is -2.11. The molecule has 0 amide bonds. The number of nitrogens with zero attached hydrogens (tertiary/aromatic N) is 2. The van der Waals surface area contributed by atoms with Crippen LogP contribution in [-0.2, 0) is 10.8 Å². The van der Waals surface area contributed by atoms with Crippen LogP contribution in [0.5, 0.6) is 0 Å². The Morgan fingerprint density at radius 1 is 1.59 bits per heavy atom. The van der Waals surface area contributed by atoms with Gasteiger partial charge in [-0.15, -0.1) is 0 Å². The zero-order chi connectivity index (χ0) is 12.4. The van der Waals surface area contributed by atoms with Crippen molar-refractivity contribution in [2.75, 3.05) is 18.1 Å². The van der Waals surface area contributed by atoms with Gasteiger partial charge in [-0.1, -0.05) is 0 Å². The highest BCUT2D eigenvalue weighted by molar-refractivity contribution is 9.10. The van der Waals surface area contributed by atoms with Gasteiger partial charge < -0.3 is 5.32 Å². The third-order valence-electron chi connectivity index (χ3n) is 2.79. The summed E-state index contributed by atoms with van der Waals surface area (Å²) in [5.74, 6) is 2.25. The van der Waals surface area contributed by atoms with E-state index in [0.29, 0.717) is 12.5 Å². The van der Waals surface area contributed by atoms with Crippen molar-refractivity contribution in [1.29, 1.82) is 0 Å². The van der Waals surface area contributed by atoms with Crippen molar-refractivity contribution < 1.29 is 4.21 Å². The van der Waals surface area contributed by atoms with Crippen LogP contribution in [0.15, 0.2) is 10.7 Å². The molecule has 2 unspecified atom stereocenters. The smallest absolute Gasteiger partial charge is 0.135 e. The minimum Gasteiger partial charge on any atom is -0.369 e. The predicted molar refractivity (Wildman–Crippen MR) is 73.7 cm³/mol. The summed E-state index contributed by atoms with van der Waals surface area (Å²) in [6.45, 7) is 2.62. The molecule has 0 saturated heterocycles. The largest absolute Gasteiger partial charge is 0.369 e. The number of hydrogen-bond donors (Lipinski definition) is 1. The van der Waals surface area contributed by atoms with E-state index in [9.17, 15) is 4.21 Å². The summed E-state index contributed by atoms with van der Waals surface area (Å²) in [7, 11) is -0.809. The van der Waals surface area contributed by atoms with Gasteiger partial charge in [0.1, 0.15) is 16.2 Å². The topological polar surface area (TPSA) is 54.9 Å². The first-order valence-corrected chi connectivity index (χ1v) is 8.08. The Morgan fingerprint density at radius 2 is 2.29 bits per heavy atom. The van der Waals surface area contributed by atoms with Crippen LogP contribution >= 0.6 is 15.9 Å². The molecule has 1 saturated carbocycles. The molecule has 1 aliphatic rings. The van der Waals surface area contributed by atoms with Gasteiger partial charge in [-0.3, -0.25) is 4.21 Å². The lowest BCUT2D eigenvalue weighted by Crippen LogP contribution is -2.21. The van der Waals surface area contributed by atoms with Crippen molar-refractivity contribution in [2.45, 2.75) is 30.9 Å². The van der Waals surface area contributed by atoms with Crippen molar-refractivity contribution >= 4 is 32.5 Å². The molecule has 1 aromatic heterocycles. The number of anilines is 1. The molecule has 0 spiro atoms. The molecule has 1 aliphatic carbocycles. The quantitative estimate of drug-likeness (QED) is 0.847. The number of halogens is 1. The molecule has 0 radical (unpaired) electrons. The van der Waals surface area contributed by atoms with E-state index in [4.69, 9.17) is 0 Å². The lowest BCUT2D eigenvalue weighted by atomic mass is 10.4. The Morgan fingerprint density at radius 3 is 2.88 bits per heavy atom. The molecule has 1 N–H and O–H groups in total. The third-order valence-corrected chi connectivity index (χ3v) is 4.50. The van der Waals surface area contributed by atoms with Crippen molar-refractivity contribution in [3.05, 3.63) is 16.5 Å². The molecular formula is C11H16BrN3OS. The predicted octanol–water partition coefficient (Wildman–Crippen LogP) is 2.30. The number of hydrogen-bond acceptors (Lipinski definition) is 4. The Bertz CT molecular complexity index is 437. The van der Waals surface area contributed by atoms with Crippen LogP contribution in [0.4, 0.5) is 5.82 Å². The highest BCUT2D eigenvalue weighted by Crippen LogP contribution is 2.38. The van der Waals surface area contributed by atoms with E-state index >= 15 is 0 Å². The molecule has 17 heavy (non-hydrogen) atoms. The second-order valence-corrected chi connectivity index (χ2v) is 7.01. The molecule has 0 aliphatic heterocycles. The van der Waals surface area contributed by atoms with E-state index in [-0.39, 0.29) is 5.25 Å². The van der Waals surface area contributed by atoms with Gasteiger partial charge in [0.2, 0.25) is 0 Å². The minimum atomic E-state index is -0.809. The van der Waals surface area contributed by atoms with Gasteiger partial charge in [-0.05, 0) is 35.7 Å². The van der Waals surface area contributed by atoms with Gasteiger partial charge >= 0.3 is 0 Å². The highest BCUT2D eigenvalue weighted by Gasteiger charge is 2.27. The SMILES string of the molecule is CC(CNc1cc(Br)nc(C2CC2)n1)S(C)=O. The summed E-state index contributed by atoms with van der Waals surface area (Å²) in [6.07, 6.45) is 4.09. The summed E-state index contributed by atoms with van der Waals surface area (Å²) in [6, 6.07) is 1.86.